The number of para-hydroxylation sites is 1. The number of methoxy groups -OCH3 is 1. The summed E-state index contributed by atoms with van der Waals surface area (Å²) in [4.78, 5) is 39.0. The van der Waals surface area contributed by atoms with Crippen LogP contribution in [-0.4, -0.2) is 60.8 Å². The Morgan fingerprint density at radius 2 is 1.80 bits per heavy atom. The molecule has 0 fully saturated rings. The van der Waals surface area contributed by atoms with Gasteiger partial charge in [0.25, 0.3) is 5.91 Å². The van der Waals surface area contributed by atoms with E-state index in [1.807, 2.05) is 24.3 Å². The molecule has 8 heteroatoms. The highest BCUT2D eigenvalue weighted by molar-refractivity contribution is 5.97. The van der Waals surface area contributed by atoms with Crippen LogP contribution in [0.25, 0.3) is 0 Å². The first kappa shape index (κ1) is 21.3. The predicted octanol–water partition coefficient (Wildman–Crippen LogP) is 1.37. The van der Waals surface area contributed by atoms with E-state index in [2.05, 4.69) is 5.32 Å². The third kappa shape index (κ3) is 4.77. The quantitative estimate of drug-likeness (QED) is 0.662. The van der Waals surface area contributed by atoms with Gasteiger partial charge in [0.2, 0.25) is 0 Å². The van der Waals surface area contributed by atoms with Crippen molar-refractivity contribution in [2.75, 3.05) is 32.2 Å². The van der Waals surface area contributed by atoms with Crippen molar-refractivity contribution in [2.45, 2.75) is 19.0 Å². The van der Waals surface area contributed by atoms with Crippen LogP contribution in [0.15, 0.2) is 48.5 Å². The van der Waals surface area contributed by atoms with Gasteiger partial charge in [-0.2, -0.15) is 0 Å². The first-order chi connectivity index (χ1) is 14.5. The molecule has 2 N–H and O–H groups in total. The molecule has 0 saturated heterocycles. The molecule has 0 aromatic heterocycles. The van der Waals surface area contributed by atoms with Crippen LogP contribution in [0.3, 0.4) is 0 Å². The summed E-state index contributed by atoms with van der Waals surface area (Å²) in [5.74, 6) is -1.66. The molecule has 2 aromatic rings. The number of fused-ring (bicyclic) bond motifs is 1. The summed E-state index contributed by atoms with van der Waals surface area (Å²) in [5, 5.41) is 11.9. The van der Waals surface area contributed by atoms with Gasteiger partial charge < -0.3 is 24.8 Å². The van der Waals surface area contributed by atoms with Gasteiger partial charge in [-0.25, -0.2) is 9.59 Å². The van der Waals surface area contributed by atoms with E-state index < -0.39 is 30.5 Å². The molecule has 0 bridgehead atoms. The third-order valence-corrected chi connectivity index (χ3v) is 4.94. The summed E-state index contributed by atoms with van der Waals surface area (Å²) < 4.78 is 10.1. The first-order valence-corrected chi connectivity index (χ1v) is 9.60. The number of benzene rings is 2. The Labute approximate surface area is 174 Å². The molecule has 1 aliphatic rings. The highest BCUT2D eigenvalue weighted by Gasteiger charge is 2.35. The number of aliphatic hydroxyl groups is 1. The number of hydrogen-bond acceptors (Lipinski definition) is 7. The van der Waals surface area contributed by atoms with Crippen molar-refractivity contribution in [1.29, 1.82) is 0 Å². The van der Waals surface area contributed by atoms with Crippen LogP contribution in [0.4, 0.5) is 5.69 Å². The monoisotopic (exact) mass is 412 g/mol. The maximum absolute atomic E-state index is 12.8. The minimum atomic E-state index is -0.769. The van der Waals surface area contributed by atoms with Crippen molar-refractivity contribution in [2.24, 2.45) is 0 Å². The van der Waals surface area contributed by atoms with Gasteiger partial charge in [0.1, 0.15) is 6.04 Å². The smallest absolute Gasteiger partial charge is 0.340 e. The van der Waals surface area contributed by atoms with Crippen molar-refractivity contribution >= 4 is 23.5 Å². The van der Waals surface area contributed by atoms with Gasteiger partial charge in [0.15, 0.2) is 6.61 Å². The van der Waals surface area contributed by atoms with Crippen LogP contribution in [-0.2, 0) is 32.0 Å². The average Bonchev–Trinajstić information content (AvgIpc) is 2.79. The maximum Gasteiger partial charge on any atom is 0.340 e. The van der Waals surface area contributed by atoms with Gasteiger partial charge in [-0.1, -0.05) is 36.4 Å². The van der Waals surface area contributed by atoms with E-state index >= 15 is 0 Å². The van der Waals surface area contributed by atoms with Gasteiger partial charge in [-0.15, -0.1) is 0 Å². The Hall–Kier alpha value is -3.39. The second-order valence-corrected chi connectivity index (χ2v) is 6.81. The minimum Gasteiger partial charge on any atom is -0.467 e. The lowest BCUT2D eigenvalue weighted by molar-refractivity contribution is -0.155. The number of ether oxygens (including phenoxy) is 2. The Bertz CT molecular complexity index is 929. The highest BCUT2D eigenvalue weighted by atomic mass is 16.5. The summed E-state index contributed by atoms with van der Waals surface area (Å²) >= 11 is 0. The summed E-state index contributed by atoms with van der Waals surface area (Å²) in [6.45, 7) is -0.0752. The van der Waals surface area contributed by atoms with Crippen LogP contribution < -0.4 is 5.32 Å². The number of carbonyl (C=O) groups is 3. The molecule has 0 aliphatic carbocycles. The molecule has 0 radical (unpaired) electrons. The molecule has 3 rings (SSSR count). The van der Waals surface area contributed by atoms with E-state index in [-0.39, 0.29) is 25.3 Å². The fourth-order valence-corrected chi connectivity index (χ4v) is 3.43. The first-order valence-electron chi connectivity index (χ1n) is 9.60. The number of rotatable bonds is 7. The number of nitrogens with zero attached hydrogens (tertiary/aromatic N) is 1. The summed E-state index contributed by atoms with van der Waals surface area (Å²) in [6.07, 6.45) is 0.344. The molecule has 1 atom stereocenters. The SMILES string of the molecule is COC(=O)[C@H]1Cc2ccccc2CN1C(=O)COC(=O)c1ccccc1NCCO. The van der Waals surface area contributed by atoms with Crippen LogP contribution in [0, 0.1) is 0 Å². The van der Waals surface area contributed by atoms with Crippen LogP contribution in [0.5, 0.6) is 0 Å². The van der Waals surface area contributed by atoms with Gasteiger partial charge in [0, 0.05) is 25.2 Å². The van der Waals surface area contributed by atoms with Crippen LogP contribution >= 0.6 is 0 Å². The largest absolute Gasteiger partial charge is 0.467 e. The second-order valence-electron chi connectivity index (χ2n) is 6.81. The lowest BCUT2D eigenvalue weighted by Gasteiger charge is -2.35. The molecule has 1 aliphatic heterocycles. The molecule has 8 nitrogen and oxygen atoms in total. The highest BCUT2D eigenvalue weighted by Crippen LogP contribution is 2.24. The zero-order chi connectivity index (χ0) is 21.5. The molecule has 0 saturated carbocycles. The van der Waals surface area contributed by atoms with E-state index in [9.17, 15) is 14.4 Å². The Balaban J connectivity index is 1.70. The van der Waals surface area contributed by atoms with Crippen molar-refractivity contribution < 1.29 is 29.0 Å². The lowest BCUT2D eigenvalue weighted by atomic mass is 9.94. The molecule has 0 spiro atoms. The summed E-state index contributed by atoms with van der Waals surface area (Å²) in [5.41, 5.74) is 2.68. The number of carbonyl (C=O) groups excluding carboxylic acids is 3. The Morgan fingerprint density at radius 1 is 1.10 bits per heavy atom. The number of esters is 2. The predicted molar refractivity (Wildman–Crippen MR) is 109 cm³/mol. The Kier molecular flexibility index (Phi) is 7.03. The maximum atomic E-state index is 12.8. The molecular formula is C22H24N2O6. The van der Waals surface area contributed by atoms with Gasteiger partial charge >= 0.3 is 11.9 Å². The van der Waals surface area contributed by atoms with E-state index in [1.54, 1.807) is 24.3 Å². The van der Waals surface area contributed by atoms with Crippen LogP contribution in [0.1, 0.15) is 21.5 Å². The zero-order valence-electron chi connectivity index (χ0n) is 16.7. The number of aliphatic hydroxyl groups excluding tert-OH is 1. The van der Waals surface area contributed by atoms with Crippen molar-refractivity contribution in [3.8, 4) is 0 Å². The number of hydrogen-bond donors (Lipinski definition) is 2. The lowest BCUT2D eigenvalue weighted by Crippen LogP contribution is -2.50. The molecule has 1 heterocycles. The molecule has 0 unspecified atom stereocenters. The molecule has 1 amide bonds. The fraction of sp³-hybridized carbons (Fsp3) is 0.318. The molecule has 30 heavy (non-hydrogen) atoms. The Morgan fingerprint density at radius 3 is 2.53 bits per heavy atom. The number of anilines is 1. The zero-order valence-corrected chi connectivity index (χ0v) is 16.7. The van der Waals surface area contributed by atoms with Gasteiger partial charge in [-0.3, -0.25) is 4.79 Å². The second kappa shape index (κ2) is 9.89. The average molecular weight is 412 g/mol. The van der Waals surface area contributed by atoms with Crippen LogP contribution in [0.2, 0.25) is 0 Å². The third-order valence-electron chi connectivity index (χ3n) is 4.94. The van der Waals surface area contributed by atoms with Gasteiger partial charge in [-0.05, 0) is 23.3 Å². The van der Waals surface area contributed by atoms with E-state index in [1.165, 1.54) is 12.0 Å². The number of amides is 1. The molecular weight excluding hydrogens is 388 g/mol. The van der Waals surface area contributed by atoms with E-state index in [4.69, 9.17) is 14.6 Å². The fourth-order valence-electron chi connectivity index (χ4n) is 3.43. The van der Waals surface area contributed by atoms with Crippen molar-refractivity contribution in [3.63, 3.8) is 0 Å². The molecule has 158 valence electrons. The van der Waals surface area contributed by atoms with Crippen molar-refractivity contribution in [1.82, 2.24) is 4.90 Å². The summed E-state index contributed by atoms with van der Waals surface area (Å²) in [7, 11) is 1.28. The number of nitrogens with one attached hydrogen (secondary N) is 1. The molecule has 2 aromatic carbocycles. The van der Waals surface area contributed by atoms with E-state index in [0.717, 1.165) is 11.1 Å². The van der Waals surface area contributed by atoms with Gasteiger partial charge in [0.05, 0.1) is 19.3 Å². The normalized spacial score (nSPS) is 15.1. The minimum absolute atomic E-state index is 0.0901. The standard InChI is InChI=1S/C22H24N2O6/c1-29-22(28)19-12-15-6-2-3-7-16(15)13-24(19)20(26)14-30-21(27)17-8-4-5-9-18(17)23-10-11-25/h2-9,19,23,25H,10-14H2,1H3/t19-/m1/s1. The topological polar surface area (TPSA) is 105 Å². The van der Waals surface area contributed by atoms with Crippen molar-refractivity contribution in [3.05, 3.63) is 65.2 Å². The van der Waals surface area contributed by atoms with E-state index in [0.29, 0.717) is 12.1 Å². The summed E-state index contributed by atoms with van der Waals surface area (Å²) in [6, 6.07) is 13.5.